The Bertz CT molecular complexity index is 1370. The predicted octanol–water partition coefficient (Wildman–Crippen LogP) is 4.71. The number of nitriles is 1. The van der Waals surface area contributed by atoms with Crippen LogP contribution in [0.5, 0.6) is 5.75 Å². The van der Waals surface area contributed by atoms with Crippen LogP contribution >= 0.6 is 22.9 Å². The number of pyridine rings is 1. The van der Waals surface area contributed by atoms with Crippen molar-refractivity contribution in [3.63, 3.8) is 0 Å². The van der Waals surface area contributed by atoms with Crippen molar-refractivity contribution >= 4 is 48.9 Å². The summed E-state index contributed by atoms with van der Waals surface area (Å²) in [5, 5.41) is 12.7. The molecule has 0 bridgehead atoms. The monoisotopic (exact) mass is 456 g/mol. The Morgan fingerprint density at radius 1 is 1.13 bits per heavy atom. The number of benzene rings is 2. The van der Waals surface area contributed by atoms with Crippen LogP contribution in [0, 0.1) is 11.3 Å². The fourth-order valence-corrected chi connectivity index (χ4v) is 4.89. The van der Waals surface area contributed by atoms with Crippen molar-refractivity contribution in [3.05, 3.63) is 65.3 Å². The first kappa shape index (κ1) is 20.1. The van der Waals surface area contributed by atoms with Crippen molar-refractivity contribution in [1.82, 2.24) is 9.97 Å². The number of halogens is 1. The molecule has 7 nitrogen and oxygen atoms in total. The Morgan fingerprint density at radius 2 is 2.00 bits per heavy atom. The molecule has 0 saturated carbocycles. The fourth-order valence-electron chi connectivity index (χ4n) is 2.91. The van der Waals surface area contributed by atoms with E-state index >= 15 is 0 Å². The first-order valence-electron chi connectivity index (χ1n) is 8.59. The molecule has 1 N–H and O–H groups in total. The molecule has 0 saturated heterocycles. The summed E-state index contributed by atoms with van der Waals surface area (Å²) in [6.45, 7) is -0.136. The summed E-state index contributed by atoms with van der Waals surface area (Å²) in [6.07, 6.45) is 3.12. The average Bonchev–Trinajstić information content (AvgIpc) is 3.24. The third-order valence-corrected chi connectivity index (χ3v) is 6.58. The maximum absolute atomic E-state index is 12.7. The number of ether oxygens (including phenoxy) is 1. The van der Waals surface area contributed by atoms with Gasteiger partial charge in [0.2, 0.25) is 0 Å². The second-order valence-corrected chi connectivity index (χ2v) is 9.09. The van der Waals surface area contributed by atoms with E-state index in [1.807, 2.05) is 6.07 Å². The molecule has 30 heavy (non-hydrogen) atoms. The van der Waals surface area contributed by atoms with Crippen LogP contribution in [-0.4, -0.2) is 25.0 Å². The Hall–Kier alpha value is -3.19. The van der Waals surface area contributed by atoms with Gasteiger partial charge in [-0.3, -0.25) is 9.71 Å². The molecular weight excluding hydrogens is 444 g/mol. The maximum atomic E-state index is 12.7. The van der Waals surface area contributed by atoms with E-state index in [2.05, 4.69) is 14.7 Å². The number of thiazole rings is 1. The quantitative estimate of drug-likeness (QED) is 0.450. The highest BCUT2D eigenvalue weighted by atomic mass is 35.5. The molecule has 2 heterocycles. The van der Waals surface area contributed by atoms with Gasteiger partial charge in [0, 0.05) is 33.7 Å². The molecule has 0 aliphatic carbocycles. The number of sulfonamides is 1. The number of anilines is 1. The van der Waals surface area contributed by atoms with Gasteiger partial charge in [-0.25, -0.2) is 13.4 Å². The summed E-state index contributed by atoms with van der Waals surface area (Å²) in [6, 6.07) is 13.5. The molecule has 0 amide bonds. The summed E-state index contributed by atoms with van der Waals surface area (Å²) in [5.74, 6) is 0.422. The minimum atomic E-state index is -3.78. The van der Waals surface area contributed by atoms with Crippen molar-refractivity contribution in [3.8, 4) is 23.1 Å². The lowest BCUT2D eigenvalue weighted by atomic mass is 10.0. The molecule has 4 rings (SSSR count). The molecule has 10 heteroatoms. The number of hydrogen-bond acceptors (Lipinski definition) is 7. The van der Waals surface area contributed by atoms with Gasteiger partial charge >= 0.3 is 0 Å². The van der Waals surface area contributed by atoms with E-state index in [0.717, 1.165) is 5.39 Å². The maximum Gasteiger partial charge on any atom is 0.263 e. The molecule has 0 spiro atoms. The fraction of sp³-hybridized carbons (Fsp3) is 0.0500. The molecular formula is C20H13ClN4O3S2. The molecule has 0 aliphatic rings. The number of nitrogens with one attached hydrogen (secondary N) is 1. The zero-order valence-corrected chi connectivity index (χ0v) is 17.6. The molecule has 0 radical (unpaired) electrons. The molecule has 2 aromatic carbocycles. The second-order valence-electron chi connectivity index (χ2n) is 6.07. The van der Waals surface area contributed by atoms with E-state index in [0.29, 0.717) is 32.5 Å². The van der Waals surface area contributed by atoms with Crippen LogP contribution in [-0.2, 0) is 10.0 Å². The summed E-state index contributed by atoms with van der Waals surface area (Å²) >= 11 is 7.27. The minimum Gasteiger partial charge on any atom is -0.478 e. The van der Waals surface area contributed by atoms with Crippen LogP contribution in [0.15, 0.2) is 65.1 Å². The minimum absolute atomic E-state index is 0.111. The summed E-state index contributed by atoms with van der Waals surface area (Å²) in [7, 11) is -3.78. The third kappa shape index (κ3) is 4.07. The van der Waals surface area contributed by atoms with E-state index < -0.39 is 10.0 Å². The highest BCUT2D eigenvalue weighted by molar-refractivity contribution is 7.93. The molecule has 0 fully saturated rings. The first-order chi connectivity index (χ1) is 14.5. The summed E-state index contributed by atoms with van der Waals surface area (Å²) in [5.41, 5.74) is 1.24. The van der Waals surface area contributed by atoms with Gasteiger partial charge in [-0.05, 0) is 41.8 Å². The van der Waals surface area contributed by atoms with Crippen LogP contribution in [0.25, 0.3) is 22.0 Å². The lowest BCUT2D eigenvalue weighted by Crippen LogP contribution is -2.12. The molecule has 2 aromatic heterocycles. The van der Waals surface area contributed by atoms with E-state index in [-0.39, 0.29) is 11.5 Å². The van der Waals surface area contributed by atoms with Gasteiger partial charge in [0.05, 0.1) is 10.6 Å². The van der Waals surface area contributed by atoms with Crippen molar-refractivity contribution in [2.24, 2.45) is 0 Å². The summed E-state index contributed by atoms with van der Waals surface area (Å²) < 4.78 is 33.3. The third-order valence-electron chi connectivity index (χ3n) is 4.19. The lowest BCUT2D eigenvalue weighted by molar-refractivity contribution is 0.369. The Labute approximate surface area is 181 Å². The highest BCUT2D eigenvalue weighted by Crippen LogP contribution is 2.36. The largest absolute Gasteiger partial charge is 0.478 e. The molecule has 4 aromatic rings. The second kappa shape index (κ2) is 8.28. The van der Waals surface area contributed by atoms with E-state index in [1.165, 1.54) is 23.6 Å². The topological polar surface area (TPSA) is 105 Å². The number of aromatic nitrogens is 2. The van der Waals surface area contributed by atoms with Gasteiger partial charge in [-0.1, -0.05) is 17.7 Å². The van der Waals surface area contributed by atoms with Gasteiger partial charge in [0.25, 0.3) is 10.0 Å². The van der Waals surface area contributed by atoms with E-state index in [4.69, 9.17) is 21.6 Å². The molecule has 0 atom stereocenters. The Kier molecular flexibility index (Phi) is 5.55. The SMILES string of the molecule is N#CCOc1cc(Cl)ccc1-c1nccc2cc(S(=O)(=O)Nc3nccs3)ccc12. The van der Waals surface area contributed by atoms with Crippen LogP contribution in [0.2, 0.25) is 5.02 Å². The van der Waals surface area contributed by atoms with E-state index in [1.54, 1.807) is 48.0 Å². The first-order valence-corrected chi connectivity index (χ1v) is 11.3. The zero-order chi connectivity index (χ0) is 21.1. The molecule has 0 aliphatic heterocycles. The van der Waals surface area contributed by atoms with Crippen LogP contribution in [0.3, 0.4) is 0 Å². The van der Waals surface area contributed by atoms with Crippen molar-refractivity contribution < 1.29 is 13.2 Å². The number of hydrogen-bond donors (Lipinski definition) is 1. The Morgan fingerprint density at radius 3 is 2.77 bits per heavy atom. The van der Waals surface area contributed by atoms with E-state index in [9.17, 15) is 8.42 Å². The van der Waals surface area contributed by atoms with Crippen molar-refractivity contribution in [2.45, 2.75) is 4.90 Å². The number of rotatable bonds is 6. The van der Waals surface area contributed by atoms with Gasteiger partial charge in [-0.15, -0.1) is 11.3 Å². The summed E-state index contributed by atoms with van der Waals surface area (Å²) in [4.78, 5) is 8.51. The molecule has 150 valence electrons. The van der Waals surface area contributed by atoms with Crippen molar-refractivity contribution in [1.29, 1.82) is 5.26 Å². The van der Waals surface area contributed by atoms with Gasteiger partial charge < -0.3 is 4.74 Å². The number of nitrogens with zero attached hydrogens (tertiary/aromatic N) is 3. The smallest absolute Gasteiger partial charge is 0.263 e. The van der Waals surface area contributed by atoms with Gasteiger partial charge in [0.1, 0.15) is 11.8 Å². The molecule has 0 unspecified atom stereocenters. The standard InChI is InChI=1S/C20H13ClN4O3S2/c21-14-1-3-17(18(12-14)28-9-6-22)19-16-4-2-15(11-13(16)5-7-23-19)30(26,27)25-20-24-8-10-29-20/h1-5,7-8,10-12H,9H2,(H,24,25). The normalized spacial score (nSPS) is 11.2. The van der Waals surface area contributed by atoms with Gasteiger partial charge in [-0.2, -0.15) is 5.26 Å². The van der Waals surface area contributed by atoms with Crippen molar-refractivity contribution in [2.75, 3.05) is 11.3 Å². The predicted molar refractivity (Wildman–Crippen MR) is 116 cm³/mol. The van der Waals surface area contributed by atoms with Crippen LogP contribution < -0.4 is 9.46 Å². The Balaban J connectivity index is 1.79. The zero-order valence-electron chi connectivity index (χ0n) is 15.2. The number of fused-ring (bicyclic) bond motifs is 1. The lowest BCUT2D eigenvalue weighted by Gasteiger charge is -2.12. The highest BCUT2D eigenvalue weighted by Gasteiger charge is 2.18. The van der Waals surface area contributed by atoms with Crippen LogP contribution in [0.4, 0.5) is 5.13 Å². The van der Waals surface area contributed by atoms with Gasteiger partial charge in [0.15, 0.2) is 11.7 Å². The average molecular weight is 457 g/mol. The van der Waals surface area contributed by atoms with Crippen LogP contribution in [0.1, 0.15) is 0 Å².